The van der Waals surface area contributed by atoms with E-state index >= 15 is 0 Å². The van der Waals surface area contributed by atoms with Gasteiger partial charge in [0.05, 0.1) is 18.3 Å². The number of hydrogen-bond donors (Lipinski definition) is 0. The molecule has 0 fully saturated rings. The molecule has 28 heavy (non-hydrogen) atoms. The van der Waals surface area contributed by atoms with E-state index in [4.69, 9.17) is 0 Å². The minimum Gasteiger partial charge on any atom is -0.295 e. The van der Waals surface area contributed by atoms with Crippen molar-refractivity contribution in [2.45, 2.75) is 40.2 Å². The maximum absolute atomic E-state index is 14.5. The quantitative estimate of drug-likeness (QED) is 0.740. The van der Waals surface area contributed by atoms with Crippen LogP contribution in [0.5, 0.6) is 0 Å². The van der Waals surface area contributed by atoms with Crippen LogP contribution in [-0.4, -0.2) is 41.2 Å². The molecule has 0 N–H and O–H groups in total. The Morgan fingerprint density at radius 2 is 1.89 bits per heavy atom. The highest BCUT2D eigenvalue weighted by Crippen LogP contribution is 2.35. The van der Waals surface area contributed by atoms with Crippen molar-refractivity contribution < 1.29 is 9.18 Å². The summed E-state index contributed by atoms with van der Waals surface area (Å²) in [6.45, 7) is 9.98. The average Bonchev–Trinajstić information content (AvgIpc) is 3.13. The summed E-state index contributed by atoms with van der Waals surface area (Å²) in [5.74, 6) is -0.400. The van der Waals surface area contributed by atoms with Gasteiger partial charge in [-0.3, -0.25) is 9.69 Å². The zero-order chi connectivity index (χ0) is 20.3. The van der Waals surface area contributed by atoms with E-state index in [0.29, 0.717) is 12.0 Å². The van der Waals surface area contributed by atoms with Gasteiger partial charge in [-0.1, -0.05) is 49.7 Å². The van der Waals surface area contributed by atoms with E-state index < -0.39 is 6.04 Å². The molecule has 0 unspecified atom stereocenters. The number of halogens is 1. The number of hydrogen-bond acceptors (Lipinski definition) is 3. The van der Waals surface area contributed by atoms with Crippen LogP contribution in [0.3, 0.4) is 0 Å². The molecular formula is C23H28FN3O. The largest absolute Gasteiger partial charge is 0.295 e. The lowest BCUT2D eigenvalue weighted by Gasteiger charge is -2.25. The van der Waals surface area contributed by atoms with Crippen molar-refractivity contribution in [2.24, 2.45) is 5.10 Å². The summed E-state index contributed by atoms with van der Waals surface area (Å²) in [5, 5.41) is 6.18. The van der Waals surface area contributed by atoms with Crippen LogP contribution in [0, 0.1) is 19.7 Å². The number of likely N-dealkylation sites (N-methyl/N-ethyl adjacent to an activating group) is 1. The number of aryl methyl sites for hydroxylation is 2. The van der Waals surface area contributed by atoms with Crippen LogP contribution in [0.25, 0.3) is 0 Å². The Labute approximate surface area is 166 Å². The van der Waals surface area contributed by atoms with Crippen LogP contribution in [0.2, 0.25) is 0 Å². The molecule has 1 atom stereocenters. The molecule has 0 radical (unpaired) electrons. The Bertz CT molecular complexity index is 889. The normalized spacial score (nSPS) is 16.6. The highest BCUT2D eigenvalue weighted by Gasteiger charge is 2.35. The Hall–Kier alpha value is -2.53. The molecule has 2 aromatic carbocycles. The minimum atomic E-state index is -0.417. The molecule has 5 heteroatoms. The summed E-state index contributed by atoms with van der Waals surface area (Å²) < 4.78 is 14.5. The summed E-state index contributed by atoms with van der Waals surface area (Å²) in [5.41, 5.74) is 4.62. The summed E-state index contributed by atoms with van der Waals surface area (Å²) in [4.78, 5) is 15.1. The van der Waals surface area contributed by atoms with Gasteiger partial charge in [0, 0.05) is 17.5 Å². The molecule has 2 aromatic rings. The van der Waals surface area contributed by atoms with Gasteiger partial charge in [0.15, 0.2) is 0 Å². The van der Waals surface area contributed by atoms with Crippen LogP contribution in [0.4, 0.5) is 4.39 Å². The van der Waals surface area contributed by atoms with E-state index in [0.717, 1.165) is 35.5 Å². The monoisotopic (exact) mass is 381 g/mol. The summed E-state index contributed by atoms with van der Waals surface area (Å²) in [7, 11) is 0. The molecule has 0 saturated heterocycles. The van der Waals surface area contributed by atoms with Gasteiger partial charge in [0.2, 0.25) is 0 Å². The van der Waals surface area contributed by atoms with Gasteiger partial charge >= 0.3 is 0 Å². The van der Waals surface area contributed by atoms with Crippen molar-refractivity contribution in [2.75, 3.05) is 19.6 Å². The molecule has 1 heterocycles. The first kappa shape index (κ1) is 20.2. The van der Waals surface area contributed by atoms with Crippen molar-refractivity contribution >= 4 is 11.6 Å². The standard InChI is InChI=1S/C23H28FN3O/c1-5-26(6-2)15-23(28)27-22(18-9-7-8-10-20(18)24)14-21(25-27)19-13-16(3)11-12-17(19)4/h7-13,22H,5-6,14-15H2,1-4H3/t22-/m0/s1. The first-order valence-corrected chi connectivity index (χ1v) is 9.88. The first-order valence-electron chi connectivity index (χ1n) is 9.88. The third kappa shape index (κ3) is 4.14. The number of hydrazone groups is 1. The van der Waals surface area contributed by atoms with Crippen molar-refractivity contribution in [3.63, 3.8) is 0 Å². The van der Waals surface area contributed by atoms with Crippen molar-refractivity contribution in [1.29, 1.82) is 0 Å². The fourth-order valence-corrected chi connectivity index (χ4v) is 3.65. The molecule has 1 aliphatic heterocycles. The Morgan fingerprint density at radius 3 is 2.57 bits per heavy atom. The van der Waals surface area contributed by atoms with E-state index in [-0.39, 0.29) is 18.3 Å². The number of benzene rings is 2. The number of carbonyl (C=O) groups is 1. The van der Waals surface area contributed by atoms with Gasteiger partial charge in [0.1, 0.15) is 5.82 Å². The molecule has 0 bridgehead atoms. The molecular weight excluding hydrogens is 353 g/mol. The summed E-state index contributed by atoms with van der Waals surface area (Å²) >= 11 is 0. The lowest BCUT2D eigenvalue weighted by molar-refractivity contribution is -0.134. The number of nitrogens with zero attached hydrogens (tertiary/aromatic N) is 3. The van der Waals surface area contributed by atoms with Crippen molar-refractivity contribution in [1.82, 2.24) is 9.91 Å². The maximum atomic E-state index is 14.5. The fraction of sp³-hybridized carbons (Fsp3) is 0.391. The van der Waals surface area contributed by atoms with Gasteiger partial charge in [-0.25, -0.2) is 9.40 Å². The number of rotatable bonds is 6. The van der Waals surface area contributed by atoms with E-state index in [1.807, 2.05) is 32.6 Å². The Morgan fingerprint density at radius 1 is 1.18 bits per heavy atom. The van der Waals surface area contributed by atoms with Crippen LogP contribution in [-0.2, 0) is 4.79 Å². The van der Waals surface area contributed by atoms with E-state index in [1.165, 1.54) is 11.1 Å². The highest BCUT2D eigenvalue weighted by atomic mass is 19.1. The lowest BCUT2D eigenvalue weighted by Crippen LogP contribution is -2.38. The SMILES string of the molecule is CCN(CC)CC(=O)N1N=C(c2cc(C)ccc2C)C[C@H]1c1ccccc1F. The first-order chi connectivity index (χ1) is 13.4. The third-order valence-corrected chi connectivity index (χ3v) is 5.39. The number of amides is 1. The van der Waals surface area contributed by atoms with Gasteiger partial charge in [-0.05, 0) is 44.6 Å². The minimum absolute atomic E-state index is 0.0998. The summed E-state index contributed by atoms with van der Waals surface area (Å²) in [6.07, 6.45) is 0.509. The lowest BCUT2D eigenvalue weighted by atomic mass is 9.95. The van der Waals surface area contributed by atoms with Gasteiger partial charge in [-0.15, -0.1) is 0 Å². The van der Waals surface area contributed by atoms with E-state index in [2.05, 4.69) is 23.3 Å². The zero-order valence-corrected chi connectivity index (χ0v) is 17.1. The maximum Gasteiger partial charge on any atom is 0.257 e. The molecule has 1 amide bonds. The molecule has 0 spiro atoms. The van der Waals surface area contributed by atoms with Crippen LogP contribution >= 0.6 is 0 Å². The van der Waals surface area contributed by atoms with E-state index in [9.17, 15) is 9.18 Å². The predicted molar refractivity (Wildman–Crippen MR) is 111 cm³/mol. The average molecular weight is 381 g/mol. The topological polar surface area (TPSA) is 35.9 Å². The zero-order valence-electron chi connectivity index (χ0n) is 17.1. The molecule has 3 rings (SSSR count). The fourth-order valence-electron chi connectivity index (χ4n) is 3.65. The predicted octanol–water partition coefficient (Wildman–Crippen LogP) is 4.46. The second-order valence-corrected chi connectivity index (χ2v) is 7.31. The van der Waals surface area contributed by atoms with Crippen molar-refractivity contribution in [3.05, 3.63) is 70.5 Å². The Balaban J connectivity index is 1.99. The molecule has 1 aliphatic rings. The molecule has 0 aromatic heterocycles. The van der Waals surface area contributed by atoms with E-state index in [1.54, 1.807) is 18.2 Å². The molecule has 4 nitrogen and oxygen atoms in total. The Kier molecular flexibility index (Phi) is 6.25. The number of carbonyl (C=O) groups excluding carboxylic acids is 1. The third-order valence-electron chi connectivity index (χ3n) is 5.39. The summed E-state index contributed by atoms with van der Waals surface area (Å²) in [6, 6.07) is 12.5. The highest BCUT2D eigenvalue weighted by molar-refractivity contribution is 6.04. The van der Waals surface area contributed by atoms with Crippen LogP contribution in [0.15, 0.2) is 47.6 Å². The smallest absolute Gasteiger partial charge is 0.257 e. The molecule has 0 saturated carbocycles. The van der Waals surface area contributed by atoms with Crippen molar-refractivity contribution in [3.8, 4) is 0 Å². The molecule has 0 aliphatic carbocycles. The van der Waals surface area contributed by atoms with Crippen LogP contribution in [0.1, 0.15) is 48.6 Å². The second kappa shape index (κ2) is 8.65. The van der Waals surface area contributed by atoms with Gasteiger partial charge in [0.25, 0.3) is 5.91 Å². The van der Waals surface area contributed by atoms with Crippen LogP contribution < -0.4 is 0 Å². The van der Waals surface area contributed by atoms with Gasteiger partial charge < -0.3 is 0 Å². The molecule has 148 valence electrons. The van der Waals surface area contributed by atoms with Gasteiger partial charge in [-0.2, -0.15) is 5.10 Å². The second-order valence-electron chi connectivity index (χ2n) is 7.31.